The largest absolute Gasteiger partial charge is 0.396 e. The van der Waals surface area contributed by atoms with Crippen molar-refractivity contribution in [3.8, 4) is 0 Å². The molecule has 0 radical (unpaired) electrons. The van der Waals surface area contributed by atoms with E-state index in [1.54, 1.807) is 0 Å². The SMILES string of the molecule is O=C([C@H]1CCCO1)N1CCCC1CCCO. The number of carbonyl (C=O) groups is 1. The molecule has 0 bridgehead atoms. The molecule has 0 saturated carbocycles. The average molecular weight is 227 g/mol. The Bertz CT molecular complexity index is 238. The van der Waals surface area contributed by atoms with E-state index in [2.05, 4.69) is 0 Å². The molecule has 2 aliphatic rings. The number of amides is 1. The van der Waals surface area contributed by atoms with E-state index in [9.17, 15) is 4.79 Å². The predicted octanol–water partition coefficient (Wildman–Crippen LogP) is 0.929. The van der Waals surface area contributed by atoms with E-state index in [-0.39, 0.29) is 18.6 Å². The van der Waals surface area contributed by atoms with Crippen molar-refractivity contribution in [2.24, 2.45) is 0 Å². The molecule has 1 N–H and O–H groups in total. The molecule has 2 fully saturated rings. The predicted molar refractivity (Wildman–Crippen MR) is 60.0 cm³/mol. The van der Waals surface area contributed by atoms with Crippen molar-refractivity contribution < 1.29 is 14.6 Å². The Morgan fingerprint density at radius 1 is 1.38 bits per heavy atom. The molecule has 4 nitrogen and oxygen atoms in total. The summed E-state index contributed by atoms with van der Waals surface area (Å²) in [6.45, 7) is 1.82. The number of hydrogen-bond acceptors (Lipinski definition) is 3. The quantitative estimate of drug-likeness (QED) is 0.777. The van der Waals surface area contributed by atoms with Crippen molar-refractivity contribution in [3.05, 3.63) is 0 Å². The molecule has 1 unspecified atom stereocenters. The minimum Gasteiger partial charge on any atom is -0.396 e. The zero-order chi connectivity index (χ0) is 11.4. The van der Waals surface area contributed by atoms with E-state index in [0.29, 0.717) is 6.04 Å². The smallest absolute Gasteiger partial charge is 0.251 e. The standard InChI is InChI=1S/C12H21NO3/c14-8-2-5-10-4-1-7-13(10)12(15)11-6-3-9-16-11/h10-11,14H,1-9H2/t10?,11-/m1/s1. The Morgan fingerprint density at radius 2 is 2.25 bits per heavy atom. The molecule has 0 aromatic heterocycles. The Balaban J connectivity index is 1.88. The van der Waals surface area contributed by atoms with Crippen LogP contribution in [0.1, 0.15) is 38.5 Å². The lowest BCUT2D eigenvalue weighted by molar-refractivity contribution is -0.141. The van der Waals surface area contributed by atoms with Crippen LogP contribution in [0.4, 0.5) is 0 Å². The van der Waals surface area contributed by atoms with Gasteiger partial charge in [-0.05, 0) is 38.5 Å². The number of aliphatic hydroxyl groups is 1. The van der Waals surface area contributed by atoms with Gasteiger partial charge in [0.05, 0.1) is 0 Å². The van der Waals surface area contributed by atoms with Gasteiger partial charge < -0.3 is 14.7 Å². The summed E-state index contributed by atoms with van der Waals surface area (Å²) < 4.78 is 5.44. The van der Waals surface area contributed by atoms with Crippen molar-refractivity contribution in [1.29, 1.82) is 0 Å². The molecular formula is C12H21NO3. The van der Waals surface area contributed by atoms with Crippen molar-refractivity contribution in [2.45, 2.75) is 50.7 Å². The maximum absolute atomic E-state index is 12.2. The number of hydrogen-bond donors (Lipinski definition) is 1. The zero-order valence-electron chi connectivity index (χ0n) is 9.73. The van der Waals surface area contributed by atoms with Gasteiger partial charge in [-0.3, -0.25) is 4.79 Å². The second-order valence-electron chi connectivity index (χ2n) is 4.70. The highest BCUT2D eigenvalue weighted by Crippen LogP contribution is 2.25. The number of ether oxygens (including phenoxy) is 1. The fourth-order valence-electron chi connectivity index (χ4n) is 2.71. The first-order chi connectivity index (χ1) is 7.83. The summed E-state index contributed by atoms with van der Waals surface area (Å²) in [5.74, 6) is 0.179. The molecule has 2 rings (SSSR count). The Morgan fingerprint density at radius 3 is 2.94 bits per heavy atom. The lowest BCUT2D eigenvalue weighted by Crippen LogP contribution is -2.42. The molecule has 0 aromatic rings. The van der Waals surface area contributed by atoms with E-state index in [4.69, 9.17) is 9.84 Å². The van der Waals surface area contributed by atoms with E-state index in [1.807, 2.05) is 4.90 Å². The van der Waals surface area contributed by atoms with Crippen LogP contribution in [-0.2, 0) is 9.53 Å². The molecule has 0 spiro atoms. The summed E-state index contributed by atoms with van der Waals surface area (Å²) >= 11 is 0. The molecule has 1 amide bonds. The maximum Gasteiger partial charge on any atom is 0.251 e. The van der Waals surface area contributed by atoms with Crippen LogP contribution in [0.3, 0.4) is 0 Å². The number of carbonyl (C=O) groups excluding carboxylic acids is 1. The maximum atomic E-state index is 12.2. The first-order valence-electron chi connectivity index (χ1n) is 6.36. The van der Waals surface area contributed by atoms with Crippen LogP contribution in [0.2, 0.25) is 0 Å². The summed E-state index contributed by atoms with van der Waals surface area (Å²) in [6.07, 6.45) is 5.59. The number of aliphatic hydroxyl groups excluding tert-OH is 1. The van der Waals surface area contributed by atoms with Gasteiger partial charge >= 0.3 is 0 Å². The third kappa shape index (κ3) is 2.55. The van der Waals surface area contributed by atoms with Crippen LogP contribution in [0.25, 0.3) is 0 Å². The topological polar surface area (TPSA) is 49.8 Å². The van der Waals surface area contributed by atoms with E-state index >= 15 is 0 Å². The molecule has 2 aliphatic heterocycles. The molecule has 2 heterocycles. The van der Waals surface area contributed by atoms with Crippen molar-refractivity contribution in [2.75, 3.05) is 19.8 Å². The molecular weight excluding hydrogens is 206 g/mol. The summed E-state index contributed by atoms with van der Waals surface area (Å²) in [5, 5.41) is 8.83. The summed E-state index contributed by atoms with van der Waals surface area (Å²) in [7, 11) is 0. The Labute approximate surface area is 96.6 Å². The van der Waals surface area contributed by atoms with Crippen LogP contribution >= 0.6 is 0 Å². The van der Waals surface area contributed by atoms with Gasteiger partial charge in [0.15, 0.2) is 0 Å². The molecule has 0 aromatic carbocycles. The fourth-order valence-corrected chi connectivity index (χ4v) is 2.71. The van der Waals surface area contributed by atoms with Crippen LogP contribution in [0.5, 0.6) is 0 Å². The summed E-state index contributed by atoms with van der Waals surface area (Å²) in [6, 6.07) is 0.337. The third-order valence-corrected chi connectivity index (χ3v) is 3.56. The first-order valence-corrected chi connectivity index (χ1v) is 6.36. The number of likely N-dealkylation sites (tertiary alicyclic amines) is 1. The van der Waals surface area contributed by atoms with Gasteiger partial charge in [-0.2, -0.15) is 0 Å². The van der Waals surface area contributed by atoms with Gasteiger partial charge in [0.25, 0.3) is 5.91 Å². The van der Waals surface area contributed by atoms with Gasteiger partial charge in [-0.1, -0.05) is 0 Å². The van der Waals surface area contributed by atoms with Crippen molar-refractivity contribution in [3.63, 3.8) is 0 Å². The van der Waals surface area contributed by atoms with Crippen LogP contribution in [-0.4, -0.2) is 47.8 Å². The molecule has 0 aliphatic carbocycles. The summed E-state index contributed by atoms with van der Waals surface area (Å²) in [5.41, 5.74) is 0. The minimum absolute atomic E-state index is 0.179. The highest BCUT2D eigenvalue weighted by atomic mass is 16.5. The average Bonchev–Trinajstić information content (AvgIpc) is 2.96. The lowest BCUT2D eigenvalue weighted by Gasteiger charge is -2.26. The van der Waals surface area contributed by atoms with Crippen LogP contribution in [0.15, 0.2) is 0 Å². The normalized spacial score (nSPS) is 29.9. The molecule has 2 atom stereocenters. The van der Waals surface area contributed by atoms with Crippen LogP contribution < -0.4 is 0 Å². The number of nitrogens with zero attached hydrogens (tertiary/aromatic N) is 1. The fraction of sp³-hybridized carbons (Fsp3) is 0.917. The lowest BCUT2D eigenvalue weighted by atomic mass is 10.1. The summed E-state index contributed by atoms with van der Waals surface area (Å²) in [4.78, 5) is 14.1. The second-order valence-corrected chi connectivity index (χ2v) is 4.70. The van der Waals surface area contributed by atoms with Gasteiger partial charge in [0.2, 0.25) is 0 Å². The van der Waals surface area contributed by atoms with E-state index < -0.39 is 0 Å². The van der Waals surface area contributed by atoms with Crippen LogP contribution in [0, 0.1) is 0 Å². The van der Waals surface area contributed by atoms with Crippen molar-refractivity contribution in [1.82, 2.24) is 4.90 Å². The molecule has 16 heavy (non-hydrogen) atoms. The zero-order valence-corrected chi connectivity index (χ0v) is 9.73. The second kappa shape index (κ2) is 5.64. The highest BCUT2D eigenvalue weighted by Gasteiger charge is 2.34. The molecule has 92 valence electrons. The minimum atomic E-state index is -0.185. The van der Waals surface area contributed by atoms with Gasteiger partial charge in [0, 0.05) is 25.8 Å². The van der Waals surface area contributed by atoms with Gasteiger partial charge in [-0.15, -0.1) is 0 Å². The van der Waals surface area contributed by atoms with Gasteiger partial charge in [0.1, 0.15) is 6.10 Å². The molecule has 4 heteroatoms. The van der Waals surface area contributed by atoms with E-state index in [1.165, 1.54) is 0 Å². The Kier molecular flexibility index (Phi) is 4.18. The Hall–Kier alpha value is -0.610. The third-order valence-electron chi connectivity index (χ3n) is 3.56. The van der Waals surface area contributed by atoms with Gasteiger partial charge in [-0.25, -0.2) is 0 Å². The highest BCUT2D eigenvalue weighted by molar-refractivity contribution is 5.81. The van der Waals surface area contributed by atoms with E-state index in [0.717, 1.165) is 51.7 Å². The first kappa shape index (κ1) is 11.9. The van der Waals surface area contributed by atoms with Crippen molar-refractivity contribution >= 4 is 5.91 Å². The monoisotopic (exact) mass is 227 g/mol. The number of rotatable bonds is 4. The molecule has 2 saturated heterocycles.